The number of halogens is 7. The Morgan fingerprint density at radius 1 is 0.667 bits per heavy atom. The quantitative estimate of drug-likeness (QED) is 0.133. The summed E-state index contributed by atoms with van der Waals surface area (Å²) < 4.78 is 104. The van der Waals surface area contributed by atoms with Crippen molar-refractivity contribution in [1.29, 1.82) is 0 Å². The second kappa shape index (κ2) is 18.9. The fraction of sp³-hybridized carbons (Fsp3) is 0.415. The van der Waals surface area contributed by atoms with Crippen molar-refractivity contribution in [2.75, 3.05) is 26.2 Å². The highest BCUT2D eigenvalue weighted by Gasteiger charge is 2.40. The van der Waals surface area contributed by atoms with Gasteiger partial charge in [0.15, 0.2) is 11.4 Å². The summed E-state index contributed by atoms with van der Waals surface area (Å²) in [6.45, 7) is 20.3. The maximum Gasteiger partial charge on any atom is 0.435 e. The Labute approximate surface area is 352 Å². The number of alkyl halides is 6. The van der Waals surface area contributed by atoms with E-state index in [1.54, 1.807) is 102 Å². The lowest BCUT2D eigenvalue weighted by Gasteiger charge is -2.39. The van der Waals surface area contributed by atoms with E-state index in [1.165, 1.54) is 9.80 Å². The second-order valence-corrected chi connectivity index (χ2v) is 16.4. The standard InChI is InChI=1S/C20H22F3N3O3.C18H19BrF3N3O3.C3H6/c1-5-13-6-8-14(9-7-13)26-17(10-16(24-26)20(21,22)23)28-15-11-25(12-15)18(27)29-19(2,3)4;1-17(2,3)28-16(26)24-9-13(10-24)27-15-8-14(18(20,21)22)23-25(15)12-6-4-11(19)5-7-12;1-3-2/h5-10,15H,1,11-12H2,2-4H3;4-8,13H,9-10H2,1-3H3;3H,1H2,2H3. The molecule has 0 aliphatic carbocycles. The number of allylic oxidation sites excluding steroid dienone is 1. The number of amides is 2. The number of benzene rings is 2. The molecule has 4 aromatic rings. The van der Waals surface area contributed by atoms with Crippen LogP contribution in [-0.4, -0.2) is 91.1 Å². The Bertz CT molecular complexity index is 2090. The van der Waals surface area contributed by atoms with E-state index < -0.39 is 59.3 Å². The molecule has 2 aromatic heterocycles. The van der Waals surface area contributed by atoms with Gasteiger partial charge in [-0.1, -0.05) is 46.8 Å². The number of rotatable bonds is 7. The Kier molecular flexibility index (Phi) is 14.8. The molecule has 6 rings (SSSR count). The van der Waals surface area contributed by atoms with Gasteiger partial charge in [0.05, 0.1) is 37.6 Å². The smallest absolute Gasteiger partial charge is 0.435 e. The van der Waals surface area contributed by atoms with Crippen molar-refractivity contribution < 1.29 is 54.9 Å². The molecule has 0 spiro atoms. The second-order valence-electron chi connectivity index (χ2n) is 15.5. The van der Waals surface area contributed by atoms with E-state index in [4.69, 9.17) is 18.9 Å². The average molecular weight is 914 g/mol. The fourth-order valence-electron chi connectivity index (χ4n) is 5.19. The predicted octanol–water partition coefficient (Wildman–Crippen LogP) is 10.4. The van der Waals surface area contributed by atoms with E-state index >= 15 is 0 Å². The molecule has 19 heteroatoms. The van der Waals surface area contributed by atoms with Crippen molar-refractivity contribution in [2.45, 2.75) is 84.2 Å². The van der Waals surface area contributed by atoms with Crippen LogP contribution in [0.1, 0.15) is 65.4 Å². The van der Waals surface area contributed by atoms with Gasteiger partial charge in [-0.05, 0) is 90.4 Å². The summed E-state index contributed by atoms with van der Waals surface area (Å²) in [7, 11) is 0. The number of hydrogen-bond donors (Lipinski definition) is 0. The van der Waals surface area contributed by atoms with Gasteiger partial charge in [-0.2, -0.15) is 36.5 Å². The topological polar surface area (TPSA) is 113 Å². The predicted molar refractivity (Wildman–Crippen MR) is 215 cm³/mol. The Morgan fingerprint density at radius 2 is 1.00 bits per heavy atom. The van der Waals surface area contributed by atoms with Crippen molar-refractivity contribution in [2.24, 2.45) is 0 Å². The lowest BCUT2D eigenvalue weighted by molar-refractivity contribution is -0.142. The summed E-state index contributed by atoms with van der Waals surface area (Å²) in [4.78, 5) is 26.8. The first-order valence-corrected chi connectivity index (χ1v) is 19.3. The number of carbonyl (C=O) groups excluding carboxylic acids is 2. The third kappa shape index (κ3) is 13.3. The summed E-state index contributed by atoms with van der Waals surface area (Å²) in [5, 5.41) is 7.30. The number of hydrogen-bond acceptors (Lipinski definition) is 8. The summed E-state index contributed by atoms with van der Waals surface area (Å²) in [5.41, 5.74) is -1.67. The largest absolute Gasteiger partial charge is 0.470 e. The third-order valence-electron chi connectivity index (χ3n) is 7.95. The Hall–Kier alpha value is -5.46. The van der Waals surface area contributed by atoms with Gasteiger partial charge >= 0.3 is 24.5 Å². The van der Waals surface area contributed by atoms with E-state index in [0.717, 1.165) is 31.5 Å². The van der Waals surface area contributed by atoms with Gasteiger partial charge in [0.25, 0.3) is 0 Å². The zero-order valence-corrected chi connectivity index (χ0v) is 35.7. The van der Waals surface area contributed by atoms with Crippen LogP contribution >= 0.6 is 15.9 Å². The highest BCUT2D eigenvalue weighted by molar-refractivity contribution is 9.10. The summed E-state index contributed by atoms with van der Waals surface area (Å²) in [5.74, 6) is -0.0824. The average Bonchev–Trinajstić information content (AvgIpc) is 3.72. The minimum atomic E-state index is -4.60. The molecule has 4 heterocycles. The Balaban J connectivity index is 0.000000249. The van der Waals surface area contributed by atoms with Gasteiger partial charge in [-0.15, -0.1) is 6.58 Å². The number of carbonyl (C=O) groups is 2. The normalized spacial score (nSPS) is 14.6. The molecule has 0 atom stereocenters. The van der Waals surface area contributed by atoms with Gasteiger partial charge in [0.1, 0.15) is 23.4 Å². The van der Waals surface area contributed by atoms with E-state index in [1.807, 2.05) is 6.92 Å². The van der Waals surface area contributed by atoms with Crippen LogP contribution < -0.4 is 9.47 Å². The monoisotopic (exact) mass is 912 g/mol. The maximum atomic E-state index is 13.2. The SMILES string of the molecule is C=CC.C=Cc1ccc(-n2nc(C(F)(F)F)cc2OC2CN(C(=O)OC(C)(C)C)C2)cc1.CC(C)(C)OC(=O)N1CC(Oc2cc(C(F)(F)F)nn2-c2ccc(Br)cc2)C1. The first-order chi connectivity index (χ1) is 27.8. The van der Waals surface area contributed by atoms with Crippen LogP contribution in [0, 0.1) is 0 Å². The molecule has 2 aliphatic heterocycles. The molecule has 2 fully saturated rings. The van der Waals surface area contributed by atoms with Crippen molar-refractivity contribution in [3.8, 4) is 23.1 Å². The van der Waals surface area contributed by atoms with Crippen LogP contribution in [0.3, 0.4) is 0 Å². The highest BCUT2D eigenvalue weighted by Crippen LogP contribution is 2.35. The highest BCUT2D eigenvalue weighted by atomic mass is 79.9. The van der Waals surface area contributed by atoms with Crippen molar-refractivity contribution in [3.63, 3.8) is 0 Å². The summed E-state index contributed by atoms with van der Waals surface area (Å²) in [6, 6.07) is 15.0. The molecule has 60 heavy (non-hydrogen) atoms. The summed E-state index contributed by atoms with van der Waals surface area (Å²) in [6.07, 6.45) is -7.68. The third-order valence-corrected chi connectivity index (χ3v) is 8.48. The van der Waals surface area contributed by atoms with E-state index in [2.05, 4.69) is 39.3 Å². The van der Waals surface area contributed by atoms with Crippen LogP contribution in [0.5, 0.6) is 11.8 Å². The maximum absolute atomic E-state index is 13.2. The van der Waals surface area contributed by atoms with Gasteiger partial charge in [-0.25, -0.2) is 19.0 Å². The van der Waals surface area contributed by atoms with Crippen molar-refractivity contribution in [1.82, 2.24) is 29.4 Å². The first-order valence-electron chi connectivity index (χ1n) is 18.5. The number of likely N-dealkylation sites (tertiary alicyclic amines) is 2. The molecule has 2 aliphatic rings. The molecule has 326 valence electrons. The minimum absolute atomic E-state index is 0.0384. The van der Waals surface area contributed by atoms with Gasteiger partial charge in [0, 0.05) is 16.6 Å². The lowest BCUT2D eigenvalue weighted by atomic mass is 10.1. The molecule has 0 unspecified atom stereocenters. The molecule has 2 aromatic carbocycles. The van der Waals surface area contributed by atoms with E-state index in [9.17, 15) is 35.9 Å². The Morgan fingerprint density at radius 3 is 1.30 bits per heavy atom. The molecule has 12 nitrogen and oxygen atoms in total. The summed E-state index contributed by atoms with van der Waals surface area (Å²) >= 11 is 3.28. The first kappa shape index (κ1) is 47.2. The van der Waals surface area contributed by atoms with Crippen LogP contribution in [0.15, 0.2) is 84.4 Å². The molecule has 0 radical (unpaired) electrons. The zero-order chi connectivity index (χ0) is 44.8. The molecule has 0 N–H and O–H groups in total. The van der Waals surface area contributed by atoms with Crippen LogP contribution in [-0.2, 0) is 21.8 Å². The van der Waals surface area contributed by atoms with Gasteiger partial charge in [0.2, 0.25) is 11.8 Å². The van der Waals surface area contributed by atoms with Crippen LogP contribution in [0.25, 0.3) is 17.5 Å². The molecule has 0 bridgehead atoms. The van der Waals surface area contributed by atoms with Crippen LogP contribution in [0.2, 0.25) is 0 Å². The minimum Gasteiger partial charge on any atom is -0.470 e. The lowest BCUT2D eigenvalue weighted by Crippen LogP contribution is -2.57. The van der Waals surface area contributed by atoms with Crippen LogP contribution in [0.4, 0.5) is 35.9 Å². The van der Waals surface area contributed by atoms with Gasteiger partial charge < -0.3 is 28.7 Å². The van der Waals surface area contributed by atoms with Crippen molar-refractivity contribution in [3.05, 3.63) is 101 Å². The molecule has 2 saturated heterocycles. The molecular weight excluding hydrogens is 866 g/mol. The fourth-order valence-corrected chi connectivity index (χ4v) is 5.46. The number of nitrogens with zero attached hydrogens (tertiary/aromatic N) is 6. The van der Waals surface area contributed by atoms with Gasteiger partial charge in [-0.3, -0.25) is 0 Å². The number of ether oxygens (including phenoxy) is 4. The van der Waals surface area contributed by atoms with E-state index in [0.29, 0.717) is 11.4 Å². The molecule has 2 amide bonds. The molecular formula is C41H47BrF6N6O6. The number of aromatic nitrogens is 4. The van der Waals surface area contributed by atoms with E-state index in [-0.39, 0.29) is 37.9 Å². The zero-order valence-electron chi connectivity index (χ0n) is 34.1. The van der Waals surface area contributed by atoms with Crippen molar-refractivity contribution >= 4 is 34.2 Å². The molecule has 0 saturated carbocycles.